The van der Waals surface area contributed by atoms with Crippen molar-refractivity contribution in [2.75, 3.05) is 0 Å². The van der Waals surface area contributed by atoms with E-state index in [4.69, 9.17) is 4.98 Å². The third kappa shape index (κ3) is 3.36. The van der Waals surface area contributed by atoms with Crippen molar-refractivity contribution >= 4 is 17.2 Å². The van der Waals surface area contributed by atoms with Crippen molar-refractivity contribution in [3.63, 3.8) is 0 Å². The van der Waals surface area contributed by atoms with Crippen molar-refractivity contribution in [2.45, 2.75) is 20.8 Å². The molecule has 0 atom stereocenters. The number of hydrogen-bond donors (Lipinski definition) is 0. The Hall–Kier alpha value is -3.34. The molecular formula is C22H19FN4. The lowest BCUT2D eigenvalue weighted by atomic mass is 10.0. The van der Waals surface area contributed by atoms with Gasteiger partial charge in [-0.15, -0.1) is 10.2 Å². The predicted molar refractivity (Wildman–Crippen MR) is 105 cm³/mol. The normalized spacial score (nSPS) is 11.6. The summed E-state index contributed by atoms with van der Waals surface area (Å²) in [5.41, 5.74) is 6.64. The Morgan fingerprint density at radius 1 is 0.852 bits per heavy atom. The second kappa shape index (κ2) is 6.76. The first-order valence-corrected chi connectivity index (χ1v) is 8.75. The number of rotatable bonds is 3. The van der Waals surface area contributed by atoms with E-state index in [1.807, 2.05) is 29.7 Å². The molecule has 0 aliphatic heterocycles. The Morgan fingerprint density at radius 3 is 2.33 bits per heavy atom. The summed E-state index contributed by atoms with van der Waals surface area (Å²) in [5.74, 6) is 0.361. The Balaban J connectivity index is 1.90. The molecule has 0 saturated heterocycles. The number of nitrogens with zero attached hydrogens (tertiary/aromatic N) is 4. The number of aromatic nitrogens is 2. The molecule has 2 aromatic carbocycles. The molecule has 4 nitrogen and oxygen atoms in total. The summed E-state index contributed by atoms with van der Waals surface area (Å²) in [7, 11) is 0. The average molecular weight is 358 g/mol. The second-order valence-corrected chi connectivity index (χ2v) is 6.71. The molecule has 0 spiro atoms. The lowest BCUT2D eigenvalue weighted by Crippen LogP contribution is -1.86. The minimum atomic E-state index is -0.296. The van der Waals surface area contributed by atoms with Gasteiger partial charge in [-0.3, -0.25) is 4.40 Å². The third-order valence-corrected chi connectivity index (χ3v) is 4.47. The summed E-state index contributed by atoms with van der Waals surface area (Å²) >= 11 is 0. The van der Waals surface area contributed by atoms with Crippen LogP contribution in [-0.4, -0.2) is 9.38 Å². The molecule has 134 valence electrons. The summed E-state index contributed by atoms with van der Waals surface area (Å²) in [5, 5.41) is 8.78. The largest absolute Gasteiger partial charge is 0.282 e. The van der Waals surface area contributed by atoms with Gasteiger partial charge in [0.25, 0.3) is 0 Å². The van der Waals surface area contributed by atoms with E-state index in [2.05, 4.69) is 42.3 Å². The van der Waals surface area contributed by atoms with E-state index in [1.54, 1.807) is 12.1 Å². The van der Waals surface area contributed by atoms with Gasteiger partial charge in [0.05, 0.1) is 5.69 Å². The van der Waals surface area contributed by atoms with Crippen LogP contribution in [0.5, 0.6) is 0 Å². The summed E-state index contributed by atoms with van der Waals surface area (Å²) in [6.45, 7) is 6.16. The first-order chi connectivity index (χ1) is 13.0. The van der Waals surface area contributed by atoms with Crippen LogP contribution < -0.4 is 0 Å². The van der Waals surface area contributed by atoms with Crippen LogP contribution in [0.4, 0.5) is 15.9 Å². The summed E-state index contributed by atoms with van der Waals surface area (Å²) in [6, 6.07) is 16.2. The summed E-state index contributed by atoms with van der Waals surface area (Å²) in [6.07, 6.45) is 1.99. The topological polar surface area (TPSA) is 42.0 Å². The molecule has 2 heterocycles. The molecule has 0 bridgehead atoms. The van der Waals surface area contributed by atoms with Crippen molar-refractivity contribution in [2.24, 2.45) is 10.2 Å². The highest BCUT2D eigenvalue weighted by Crippen LogP contribution is 2.34. The third-order valence-electron chi connectivity index (χ3n) is 4.47. The van der Waals surface area contributed by atoms with Gasteiger partial charge in [-0.25, -0.2) is 9.37 Å². The van der Waals surface area contributed by atoms with Crippen LogP contribution in [0.1, 0.15) is 16.7 Å². The fraction of sp³-hybridized carbons (Fsp3) is 0.136. The smallest absolute Gasteiger partial charge is 0.187 e. The van der Waals surface area contributed by atoms with Crippen LogP contribution in [0.2, 0.25) is 0 Å². The molecule has 0 N–H and O–H groups in total. The van der Waals surface area contributed by atoms with E-state index in [0.29, 0.717) is 11.5 Å². The van der Waals surface area contributed by atoms with Gasteiger partial charge in [0.1, 0.15) is 17.2 Å². The number of aryl methyl sites for hydroxylation is 3. The fourth-order valence-corrected chi connectivity index (χ4v) is 3.11. The zero-order valence-electron chi connectivity index (χ0n) is 15.4. The van der Waals surface area contributed by atoms with Crippen LogP contribution in [-0.2, 0) is 0 Å². The Labute approximate surface area is 157 Å². The van der Waals surface area contributed by atoms with Crippen LogP contribution in [0.15, 0.2) is 71.0 Å². The van der Waals surface area contributed by atoms with Crippen molar-refractivity contribution in [1.29, 1.82) is 0 Å². The summed E-state index contributed by atoms with van der Waals surface area (Å²) in [4.78, 5) is 4.79. The molecule has 27 heavy (non-hydrogen) atoms. The quantitative estimate of drug-likeness (QED) is 0.386. The van der Waals surface area contributed by atoms with E-state index < -0.39 is 0 Å². The number of halogens is 1. The van der Waals surface area contributed by atoms with Crippen molar-refractivity contribution in [1.82, 2.24) is 9.38 Å². The van der Waals surface area contributed by atoms with Crippen LogP contribution in [0.3, 0.4) is 0 Å². The number of hydrogen-bond acceptors (Lipinski definition) is 3. The van der Waals surface area contributed by atoms with Gasteiger partial charge >= 0.3 is 0 Å². The highest BCUT2D eigenvalue weighted by molar-refractivity contribution is 5.77. The van der Waals surface area contributed by atoms with Crippen LogP contribution >= 0.6 is 0 Å². The fourth-order valence-electron chi connectivity index (χ4n) is 3.11. The van der Waals surface area contributed by atoms with E-state index >= 15 is 0 Å². The maximum atomic E-state index is 13.1. The van der Waals surface area contributed by atoms with Crippen molar-refractivity contribution in [3.05, 3.63) is 83.3 Å². The lowest BCUT2D eigenvalue weighted by molar-refractivity contribution is 0.628. The number of imidazole rings is 1. The molecule has 2 aromatic heterocycles. The lowest BCUT2D eigenvalue weighted by Gasteiger charge is -2.05. The number of pyridine rings is 1. The number of benzene rings is 2. The molecule has 0 radical (unpaired) electrons. The predicted octanol–water partition coefficient (Wildman–Crippen LogP) is 6.48. The van der Waals surface area contributed by atoms with Gasteiger partial charge in [0, 0.05) is 11.8 Å². The Kier molecular flexibility index (Phi) is 4.28. The van der Waals surface area contributed by atoms with Gasteiger partial charge in [-0.05, 0) is 62.2 Å². The number of azo groups is 1. The van der Waals surface area contributed by atoms with E-state index in [9.17, 15) is 4.39 Å². The Bertz CT molecular complexity index is 1160. The zero-order chi connectivity index (χ0) is 19.0. The van der Waals surface area contributed by atoms with E-state index in [-0.39, 0.29) is 5.82 Å². The van der Waals surface area contributed by atoms with Gasteiger partial charge in [0.2, 0.25) is 0 Å². The van der Waals surface area contributed by atoms with E-state index in [1.165, 1.54) is 17.7 Å². The van der Waals surface area contributed by atoms with Crippen LogP contribution in [0.25, 0.3) is 16.9 Å². The molecule has 0 saturated carbocycles. The minimum Gasteiger partial charge on any atom is -0.282 e. The van der Waals surface area contributed by atoms with E-state index in [0.717, 1.165) is 28.0 Å². The van der Waals surface area contributed by atoms with Gasteiger partial charge in [0.15, 0.2) is 5.82 Å². The van der Waals surface area contributed by atoms with Gasteiger partial charge in [-0.2, -0.15) is 0 Å². The highest BCUT2D eigenvalue weighted by atomic mass is 19.1. The van der Waals surface area contributed by atoms with Crippen LogP contribution in [0, 0.1) is 26.6 Å². The van der Waals surface area contributed by atoms with Crippen molar-refractivity contribution < 1.29 is 4.39 Å². The zero-order valence-corrected chi connectivity index (χ0v) is 15.4. The van der Waals surface area contributed by atoms with Gasteiger partial charge in [-0.1, -0.05) is 29.8 Å². The molecule has 0 fully saturated rings. The first-order valence-electron chi connectivity index (χ1n) is 8.75. The van der Waals surface area contributed by atoms with Crippen molar-refractivity contribution in [3.8, 4) is 11.3 Å². The minimum absolute atomic E-state index is 0.296. The molecular weight excluding hydrogens is 339 g/mol. The molecule has 0 unspecified atom stereocenters. The molecule has 5 heteroatoms. The first kappa shape index (κ1) is 17.1. The Morgan fingerprint density at radius 2 is 1.59 bits per heavy atom. The highest BCUT2D eigenvalue weighted by Gasteiger charge is 2.16. The number of fused-ring (bicyclic) bond motifs is 1. The SMILES string of the molecule is Cc1ccc(-c2nc3ccc(C)cn3c2N=Nc2ccc(F)cc2)c(C)c1. The molecule has 4 aromatic rings. The second-order valence-electron chi connectivity index (χ2n) is 6.71. The monoisotopic (exact) mass is 358 g/mol. The standard InChI is InChI=1S/C22H19FN4/c1-14-4-10-19(16(3)12-14)21-22(26-25-18-8-6-17(23)7-9-18)27-13-15(2)5-11-20(27)24-21/h4-13H,1-3H3. The summed E-state index contributed by atoms with van der Waals surface area (Å²) < 4.78 is 15.1. The average Bonchev–Trinajstić information content (AvgIpc) is 2.99. The molecule has 0 aliphatic rings. The maximum Gasteiger partial charge on any atom is 0.187 e. The maximum absolute atomic E-state index is 13.1. The van der Waals surface area contributed by atoms with Gasteiger partial charge < -0.3 is 0 Å². The molecule has 4 rings (SSSR count). The molecule has 0 aliphatic carbocycles. The molecule has 0 amide bonds.